The first-order chi connectivity index (χ1) is 15.7. The maximum absolute atomic E-state index is 13.0. The molecular formula is C26H26ClF3N2O. The molecule has 3 aromatic carbocycles. The van der Waals surface area contributed by atoms with Crippen LogP contribution >= 0.6 is 11.6 Å². The number of hydrogen-bond donors (Lipinski definition) is 2. The van der Waals surface area contributed by atoms with Gasteiger partial charge in [-0.05, 0) is 60.3 Å². The second-order valence-corrected chi connectivity index (χ2v) is 8.29. The third-order valence-corrected chi connectivity index (χ3v) is 6.07. The summed E-state index contributed by atoms with van der Waals surface area (Å²) in [5.74, 6) is -0.357. The number of carbonyl (C=O) groups is 1. The number of hydrogen-bond acceptors (Lipinski definition) is 2. The molecule has 0 aliphatic carbocycles. The van der Waals surface area contributed by atoms with Crippen molar-refractivity contribution < 1.29 is 18.0 Å². The van der Waals surface area contributed by atoms with Crippen LogP contribution in [0, 0.1) is 6.92 Å². The molecule has 7 heteroatoms. The van der Waals surface area contributed by atoms with Gasteiger partial charge < -0.3 is 10.6 Å². The van der Waals surface area contributed by atoms with Gasteiger partial charge in [0.1, 0.15) is 6.04 Å². The fourth-order valence-electron chi connectivity index (χ4n) is 3.78. The Morgan fingerprint density at radius 1 is 0.939 bits per heavy atom. The molecule has 0 radical (unpaired) electrons. The largest absolute Gasteiger partial charge is 0.416 e. The number of aryl methyl sites for hydroxylation is 1. The van der Waals surface area contributed by atoms with Gasteiger partial charge in [0.15, 0.2) is 0 Å². The van der Waals surface area contributed by atoms with Gasteiger partial charge in [-0.2, -0.15) is 13.2 Å². The zero-order valence-corrected chi connectivity index (χ0v) is 19.2. The van der Waals surface area contributed by atoms with E-state index in [0.29, 0.717) is 18.0 Å². The van der Waals surface area contributed by atoms with Gasteiger partial charge in [0.2, 0.25) is 5.91 Å². The second-order valence-electron chi connectivity index (χ2n) is 7.88. The summed E-state index contributed by atoms with van der Waals surface area (Å²) in [7, 11) is 1.58. The van der Waals surface area contributed by atoms with E-state index in [4.69, 9.17) is 11.6 Å². The minimum absolute atomic E-state index is 0.161. The molecule has 2 N–H and O–H groups in total. The highest BCUT2D eigenvalue weighted by Gasteiger charge is 2.30. The van der Waals surface area contributed by atoms with Crippen molar-refractivity contribution in [3.05, 3.63) is 106 Å². The number of likely N-dealkylation sites (N-methyl/N-ethyl adjacent to an activating group) is 1. The SMILES string of the molecule is CNC(=O)[C@H](NCC[C@H](c1ccc(C(F)(F)F)cc1)c1ccc(C)c(Cl)c1)c1ccccc1. The third-order valence-electron chi connectivity index (χ3n) is 5.66. The summed E-state index contributed by atoms with van der Waals surface area (Å²) in [5.41, 5.74) is 2.73. The lowest BCUT2D eigenvalue weighted by molar-refractivity contribution is -0.137. The highest BCUT2D eigenvalue weighted by Crippen LogP contribution is 2.34. The van der Waals surface area contributed by atoms with Crippen LogP contribution in [0.5, 0.6) is 0 Å². The molecule has 3 aromatic rings. The van der Waals surface area contributed by atoms with E-state index >= 15 is 0 Å². The molecule has 0 saturated heterocycles. The molecule has 0 aliphatic rings. The zero-order chi connectivity index (χ0) is 24.0. The maximum Gasteiger partial charge on any atom is 0.416 e. The Morgan fingerprint density at radius 3 is 2.15 bits per heavy atom. The summed E-state index contributed by atoms with van der Waals surface area (Å²) in [6.45, 7) is 2.36. The van der Waals surface area contributed by atoms with Crippen molar-refractivity contribution in [1.82, 2.24) is 10.6 Å². The monoisotopic (exact) mass is 474 g/mol. The van der Waals surface area contributed by atoms with Crippen LogP contribution in [0.4, 0.5) is 13.2 Å². The highest BCUT2D eigenvalue weighted by atomic mass is 35.5. The predicted molar refractivity (Wildman–Crippen MR) is 125 cm³/mol. The minimum Gasteiger partial charge on any atom is -0.358 e. The van der Waals surface area contributed by atoms with Gasteiger partial charge in [0.05, 0.1) is 5.56 Å². The van der Waals surface area contributed by atoms with E-state index in [0.717, 1.165) is 34.4 Å². The van der Waals surface area contributed by atoms with Gasteiger partial charge >= 0.3 is 6.18 Å². The van der Waals surface area contributed by atoms with Gasteiger partial charge in [-0.3, -0.25) is 4.79 Å². The Balaban J connectivity index is 1.85. The summed E-state index contributed by atoms with van der Waals surface area (Å²) in [4.78, 5) is 12.4. The van der Waals surface area contributed by atoms with Gasteiger partial charge in [-0.15, -0.1) is 0 Å². The Bertz CT molecular complexity index is 1070. The molecule has 3 nitrogen and oxygen atoms in total. The first-order valence-corrected chi connectivity index (χ1v) is 11.0. The van der Waals surface area contributed by atoms with Crippen LogP contribution in [0.2, 0.25) is 5.02 Å². The lowest BCUT2D eigenvalue weighted by atomic mass is 9.87. The normalized spacial score (nSPS) is 13.4. The number of amides is 1. The Labute approximate surface area is 197 Å². The van der Waals surface area contributed by atoms with Crippen molar-refractivity contribution >= 4 is 17.5 Å². The molecule has 0 spiro atoms. The Morgan fingerprint density at radius 2 is 1.58 bits per heavy atom. The van der Waals surface area contributed by atoms with Crippen LogP contribution in [-0.2, 0) is 11.0 Å². The van der Waals surface area contributed by atoms with Crippen LogP contribution < -0.4 is 10.6 Å². The fraction of sp³-hybridized carbons (Fsp3) is 0.269. The highest BCUT2D eigenvalue weighted by molar-refractivity contribution is 6.31. The quantitative estimate of drug-likeness (QED) is 0.404. The molecule has 1 amide bonds. The van der Waals surface area contributed by atoms with Crippen molar-refractivity contribution in [3.8, 4) is 0 Å². The number of benzene rings is 3. The maximum atomic E-state index is 13.0. The lowest BCUT2D eigenvalue weighted by Crippen LogP contribution is -2.36. The Hall–Kier alpha value is -2.83. The smallest absolute Gasteiger partial charge is 0.358 e. The first kappa shape index (κ1) is 24.8. The lowest BCUT2D eigenvalue weighted by Gasteiger charge is -2.22. The Kier molecular flexibility index (Phi) is 8.16. The average molecular weight is 475 g/mol. The van der Waals surface area contributed by atoms with E-state index in [9.17, 15) is 18.0 Å². The van der Waals surface area contributed by atoms with Crippen molar-refractivity contribution in [2.45, 2.75) is 31.5 Å². The molecule has 0 fully saturated rings. The van der Waals surface area contributed by atoms with Crippen molar-refractivity contribution in [2.24, 2.45) is 0 Å². The first-order valence-electron chi connectivity index (χ1n) is 10.6. The van der Waals surface area contributed by atoms with Crippen molar-refractivity contribution in [1.29, 1.82) is 0 Å². The molecule has 0 aromatic heterocycles. The molecule has 0 aliphatic heterocycles. The molecule has 0 unspecified atom stereocenters. The van der Waals surface area contributed by atoms with Crippen molar-refractivity contribution in [3.63, 3.8) is 0 Å². The van der Waals surface area contributed by atoms with E-state index in [1.807, 2.05) is 55.5 Å². The molecule has 0 heterocycles. The predicted octanol–water partition coefficient (Wildman–Crippen LogP) is 6.27. The molecule has 0 saturated carbocycles. The van der Waals surface area contributed by atoms with E-state index in [1.54, 1.807) is 7.05 Å². The zero-order valence-electron chi connectivity index (χ0n) is 18.4. The fourth-order valence-corrected chi connectivity index (χ4v) is 3.97. The summed E-state index contributed by atoms with van der Waals surface area (Å²) >= 11 is 6.34. The average Bonchev–Trinajstić information content (AvgIpc) is 2.81. The number of nitrogens with one attached hydrogen (secondary N) is 2. The standard InChI is InChI=1S/C26H26ClF3N2O/c1-17-8-9-20(16-23(17)27)22(18-10-12-21(13-11-18)26(28,29)30)14-15-32-24(25(33)31-2)19-6-4-3-5-7-19/h3-13,16,22,24,32H,14-15H2,1-2H3,(H,31,33)/t22-,24-/m1/s1. The number of rotatable bonds is 8. The third kappa shape index (κ3) is 6.36. The summed E-state index contributed by atoms with van der Waals surface area (Å²) in [6.07, 6.45) is -3.83. The molecular weight excluding hydrogens is 449 g/mol. The topological polar surface area (TPSA) is 41.1 Å². The minimum atomic E-state index is -4.39. The molecule has 0 bridgehead atoms. The number of carbonyl (C=O) groups excluding carboxylic acids is 1. The van der Waals surface area contributed by atoms with Gasteiger partial charge in [-0.25, -0.2) is 0 Å². The van der Waals surface area contributed by atoms with Crippen LogP contribution in [0.15, 0.2) is 72.8 Å². The van der Waals surface area contributed by atoms with Crippen molar-refractivity contribution in [2.75, 3.05) is 13.6 Å². The van der Waals surface area contributed by atoms with Crippen LogP contribution in [-0.4, -0.2) is 19.5 Å². The van der Waals surface area contributed by atoms with Gasteiger partial charge in [-0.1, -0.05) is 66.2 Å². The van der Waals surface area contributed by atoms with Gasteiger partial charge in [0, 0.05) is 18.0 Å². The van der Waals surface area contributed by atoms with Crippen LogP contribution in [0.3, 0.4) is 0 Å². The molecule has 33 heavy (non-hydrogen) atoms. The summed E-state index contributed by atoms with van der Waals surface area (Å²) in [5, 5.41) is 6.57. The summed E-state index contributed by atoms with van der Waals surface area (Å²) < 4.78 is 39.1. The molecule has 174 valence electrons. The van der Waals surface area contributed by atoms with Gasteiger partial charge in [0.25, 0.3) is 0 Å². The van der Waals surface area contributed by atoms with E-state index in [2.05, 4.69) is 10.6 Å². The second kappa shape index (κ2) is 10.9. The van der Waals surface area contributed by atoms with E-state index in [-0.39, 0.29) is 11.8 Å². The number of halogens is 4. The molecule has 2 atom stereocenters. The van der Waals surface area contributed by atoms with E-state index < -0.39 is 17.8 Å². The summed E-state index contributed by atoms with van der Waals surface area (Å²) in [6, 6.07) is 19.7. The number of alkyl halides is 3. The van der Waals surface area contributed by atoms with Crippen LogP contribution in [0.1, 0.15) is 46.2 Å². The van der Waals surface area contributed by atoms with E-state index in [1.165, 1.54) is 12.1 Å². The molecule has 3 rings (SSSR count). The van der Waals surface area contributed by atoms with Crippen LogP contribution in [0.25, 0.3) is 0 Å².